The fourth-order valence-corrected chi connectivity index (χ4v) is 1.24. The van der Waals surface area contributed by atoms with Crippen molar-refractivity contribution in [3.05, 3.63) is 24.2 Å². The van der Waals surface area contributed by atoms with E-state index in [1.807, 2.05) is 0 Å². The maximum atomic E-state index is 9.59. The highest BCUT2D eigenvalue weighted by molar-refractivity contribution is 5.10. The van der Waals surface area contributed by atoms with E-state index in [0.717, 1.165) is 12.8 Å². The van der Waals surface area contributed by atoms with Gasteiger partial charge in [-0.3, -0.25) is 0 Å². The van der Waals surface area contributed by atoms with Crippen LogP contribution in [0.25, 0.3) is 0 Å². The van der Waals surface area contributed by atoms with Gasteiger partial charge in [-0.1, -0.05) is 19.8 Å². The van der Waals surface area contributed by atoms with Crippen molar-refractivity contribution in [2.24, 2.45) is 0 Å². The summed E-state index contributed by atoms with van der Waals surface area (Å²) < 4.78 is 4.82. The predicted molar refractivity (Wildman–Crippen MR) is 49.2 cm³/mol. The van der Waals surface area contributed by atoms with Gasteiger partial charge in [0.1, 0.15) is 6.10 Å². The minimum absolute atomic E-state index is 0.628. The largest absolute Gasteiger partial charge is 0.472 e. The molecule has 3 heteroatoms. The first-order chi connectivity index (χ1) is 6.25. The Morgan fingerprint density at radius 1 is 1.46 bits per heavy atom. The van der Waals surface area contributed by atoms with Crippen molar-refractivity contribution in [3.63, 3.8) is 0 Å². The number of hydrogen-bond acceptors (Lipinski definition) is 3. The summed E-state index contributed by atoms with van der Waals surface area (Å²) in [5.74, 6) is 0. The summed E-state index contributed by atoms with van der Waals surface area (Å²) >= 11 is 0. The molecule has 0 spiro atoms. The Kier molecular flexibility index (Phi) is 3.99. The molecular formula is C10H16O3. The third-order valence-electron chi connectivity index (χ3n) is 2.10. The highest BCUT2D eigenvalue weighted by atomic mass is 16.3. The molecule has 0 aliphatic rings. The lowest BCUT2D eigenvalue weighted by molar-refractivity contribution is 0.0119. The quantitative estimate of drug-likeness (QED) is 0.734. The fraction of sp³-hybridized carbons (Fsp3) is 0.600. The van der Waals surface area contributed by atoms with E-state index in [0.29, 0.717) is 12.0 Å². The van der Waals surface area contributed by atoms with Crippen LogP contribution in [0.15, 0.2) is 23.0 Å². The van der Waals surface area contributed by atoms with E-state index >= 15 is 0 Å². The Morgan fingerprint density at radius 2 is 2.23 bits per heavy atom. The molecule has 0 saturated heterocycles. The molecule has 2 atom stereocenters. The number of hydrogen-bond donors (Lipinski definition) is 2. The van der Waals surface area contributed by atoms with Crippen molar-refractivity contribution in [3.8, 4) is 0 Å². The van der Waals surface area contributed by atoms with Crippen molar-refractivity contribution in [1.29, 1.82) is 0 Å². The molecule has 0 radical (unpaired) electrons. The minimum atomic E-state index is -0.815. The van der Waals surface area contributed by atoms with Crippen LogP contribution in [-0.2, 0) is 0 Å². The number of unbranched alkanes of at least 4 members (excludes halogenated alkanes) is 1. The molecule has 1 aromatic heterocycles. The standard InChI is InChI=1S/C10H16O3/c1-2-3-4-9(11)10(12)8-5-6-13-7-8/h5-7,9-12H,2-4H2,1H3/t9-,10-/m1/s1. The zero-order chi connectivity index (χ0) is 9.68. The second-order valence-corrected chi connectivity index (χ2v) is 3.21. The number of aliphatic hydroxyl groups excluding tert-OH is 2. The topological polar surface area (TPSA) is 53.6 Å². The van der Waals surface area contributed by atoms with Crippen LogP contribution >= 0.6 is 0 Å². The fourth-order valence-electron chi connectivity index (χ4n) is 1.24. The molecule has 0 aliphatic carbocycles. The highest BCUT2D eigenvalue weighted by Gasteiger charge is 2.18. The van der Waals surface area contributed by atoms with Crippen LogP contribution in [0.2, 0.25) is 0 Å². The van der Waals surface area contributed by atoms with E-state index in [2.05, 4.69) is 6.92 Å². The summed E-state index contributed by atoms with van der Waals surface area (Å²) in [5, 5.41) is 19.1. The molecule has 1 rings (SSSR count). The van der Waals surface area contributed by atoms with Gasteiger partial charge in [-0.25, -0.2) is 0 Å². The van der Waals surface area contributed by atoms with Crippen LogP contribution in [-0.4, -0.2) is 16.3 Å². The van der Waals surface area contributed by atoms with Crippen molar-refractivity contribution in [1.82, 2.24) is 0 Å². The van der Waals surface area contributed by atoms with E-state index in [4.69, 9.17) is 4.42 Å². The molecule has 74 valence electrons. The normalized spacial score (nSPS) is 15.6. The maximum absolute atomic E-state index is 9.59. The third-order valence-corrected chi connectivity index (χ3v) is 2.10. The van der Waals surface area contributed by atoms with Crippen molar-refractivity contribution in [2.75, 3.05) is 0 Å². The van der Waals surface area contributed by atoms with Crippen LogP contribution in [0.5, 0.6) is 0 Å². The zero-order valence-corrected chi connectivity index (χ0v) is 7.81. The van der Waals surface area contributed by atoms with Crippen LogP contribution in [0, 0.1) is 0 Å². The summed E-state index contributed by atoms with van der Waals surface area (Å²) in [7, 11) is 0. The number of furan rings is 1. The second-order valence-electron chi connectivity index (χ2n) is 3.21. The number of rotatable bonds is 5. The molecule has 0 aliphatic heterocycles. The molecule has 0 bridgehead atoms. The first-order valence-electron chi connectivity index (χ1n) is 4.64. The van der Waals surface area contributed by atoms with E-state index in [-0.39, 0.29) is 0 Å². The predicted octanol–water partition coefficient (Wildman–Crippen LogP) is 1.86. The monoisotopic (exact) mass is 184 g/mol. The number of aliphatic hydroxyl groups is 2. The van der Waals surface area contributed by atoms with Gasteiger partial charge in [0.25, 0.3) is 0 Å². The molecule has 0 saturated carbocycles. The molecule has 1 aromatic rings. The Morgan fingerprint density at radius 3 is 2.77 bits per heavy atom. The van der Waals surface area contributed by atoms with Crippen molar-refractivity contribution >= 4 is 0 Å². The Balaban J connectivity index is 2.43. The Labute approximate surface area is 78.0 Å². The lowest BCUT2D eigenvalue weighted by Gasteiger charge is -2.15. The van der Waals surface area contributed by atoms with Gasteiger partial charge < -0.3 is 14.6 Å². The lowest BCUT2D eigenvalue weighted by atomic mass is 10.0. The molecule has 0 aromatic carbocycles. The minimum Gasteiger partial charge on any atom is -0.472 e. The molecule has 3 nitrogen and oxygen atoms in total. The summed E-state index contributed by atoms with van der Waals surface area (Å²) in [6.45, 7) is 2.05. The first kappa shape index (κ1) is 10.3. The zero-order valence-electron chi connectivity index (χ0n) is 7.81. The lowest BCUT2D eigenvalue weighted by Crippen LogP contribution is -2.17. The SMILES string of the molecule is CCCC[C@@H](O)[C@H](O)c1ccoc1. The molecule has 0 amide bonds. The van der Waals surface area contributed by atoms with E-state index in [1.165, 1.54) is 12.5 Å². The van der Waals surface area contributed by atoms with Gasteiger partial charge in [0.2, 0.25) is 0 Å². The summed E-state index contributed by atoms with van der Waals surface area (Å²) in [5.41, 5.74) is 0.642. The summed E-state index contributed by atoms with van der Waals surface area (Å²) in [4.78, 5) is 0. The summed E-state index contributed by atoms with van der Waals surface area (Å²) in [6, 6.07) is 1.67. The van der Waals surface area contributed by atoms with Crippen LogP contribution in [0.3, 0.4) is 0 Å². The third kappa shape index (κ3) is 2.86. The highest BCUT2D eigenvalue weighted by Crippen LogP contribution is 2.20. The van der Waals surface area contributed by atoms with Crippen molar-refractivity contribution < 1.29 is 14.6 Å². The Bertz CT molecular complexity index is 218. The average molecular weight is 184 g/mol. The van der Waals surface area contributed by atoms with Gasteiger partial charge >= 0.3 is 0 Å². The van der Waals surface area contributed by atoms with E-state index < -0.39 is 12.2 Å². The van der Waals surface area contributed by atoms with Crippen LogP contribution < -0.4 is 0 Å². The molecule has 0 fully saturated rings. The van der Waals surface area contributed by atoms with Gasteiger partial charge in [0, 0.05) is 5.56 Å². The van der Waals surface area contributed by atoms with Crippen LogP contribution in [0.4, 0.5) is 0 Å². The van der Waals surface area contributed by atoms with Crippen LogP contribution in [0.1, 0.15) is 37.9 Å². The molecule has 2 N–H and O–H groups in total. The average Bonchev–Trinajstić information content (AvgIpc) is 2.65. The van der Waals surface area contributed by atoms with E-state index in [1.54, 1.807) is 6.07 Å². The van der Waals surface area contributed by atoms with Gasteiger partial charge in [-0.05, 0) is 12.5 Å². The molecule has 1 heterocycles. The van der Waals surface area contributed by atoms with Gasteiger partial charge in [-0.15, -0.1) is 0 Å². The smallest absolute Gasteiger partial charge is 0.108 e. The molecule has 13 heavy (non-hydrogen) atoms. The molecular weight excluding hydrogens is 168 g/mol. The second kappa shape index (κ2) is 5.04. The first-order valence-corrected chi connectivity index (χ1v) is 4.64. The van der Waals surface area contributed by atoms with Crippen molar-refractivity contribution in [2.45, 2.75) is 38.4 Å². The van der Waals surface area contributed by atoms with Gasteiger partial charge in [0.05, 0.1) is 18.6 Å². The maximum Gasteiger partial charge on any atom is 0.108 e. The Hall–Kier alpha value is -0.800. The molecule has 0 unspecified atom stereocenters. The van der Waals surface area contributed by atoms with Gasteiger partial charge in [-0.2, -0.15) is 0 Å². The van der Waals surface area contributed by atoms with E-state index in [9.17, 15) is 10.2 Å². The summed E-state index contributed by atoms with van der Waals surface area (Å²) in [6.07, 6.45) is 4.03. The van der Waals surface area contributed by atoms with Gasteiger partial charge in [0.15, 0.2) is 0 Å².